The normalized spacial score (nSPS) is 15.9. The highest BCUT2D eigenvalue weighted by Crippen LogP contribution is 2.31. The molecule has 3 aromatic rings. The zero-order valence-corrected chi connectivity index (χ0v) is 14.6. The quantitative estimate of drug-likeness (QED) is 0.662. The average molecular weight is 351 g/mol. The van der Waals surface area contributed by atoms with Crippen LogP contribution in [0.4, 0.5) is 5.95 Å². The molecule has 1 aliphatic rings. The Morgan fingerprint density at radius 3 is 2.65 bits per heavy atom. The molecule has 0 amide bonds. The van der Waals surface area contributed by atoms with E-state index in [2.05, 4.69) is 42.6 Å². The van der Waals surface area contributed by atoms with Gasteiger partial charge in [-0.25, -0.2) is 4.98 Å². The second-order valence-electron chi connectivity index (χ2n) is 6.61. The lowest BCUT2D eigenvalue weighted by atomic mass is 10.0. The Morgan fingerprint density at radius 2 is 2.00 bits per heavy atom. The maximum Gasteiger partial charge on any atom is 0.242 e. The van der Waals surface area contributed by atoms with Gasteiger partial charge in [-0.15, -0.1) is 10.2 Å². The van der Waals surface area contributed by atoms with Crippen molar-refractivity contribution in [2.24, 2.45) is 0 Å². The van der Waals surface area contributed by atoms with Crippen LogP contribution in [0, 0.1) is 0 Å². The molecule has 0 saturated carbocycles. The molecule has 1 saturated heterocycles. The summed E-state index contributed by atoms with van der Waals surface area (Å²) in [6, 6.07) is 5.79. The third-order valence-corrected chi connectivity index (χ3v) is 4.72. The summed E-state index contributed by atoms with van der Waals surface area (Å²) in [5.74, 6) is 0.661. The van der Waals surface area contributed by atoms with E-state index < -0.39 is 0 Å². The predicted octanol–water partition coefficient (Wildman–Crippen LogP) is 2.14. The number of aromatic amines is 1. The summed E-state index contributed by atoms with van der Waals surface area (Å²) < 4.78 is 0. The second kappa shape index (κ2) is 7.09. The highest BCUT2D eigenvalue weighted by Gasteiger charge is 2.17. The molecule has 1 aromatic carbocycles. The third kappa shape index (κ3) is 3.50. The predicted molar refractivity (Wildman–Crippen MR) is 98.7 cm³/mol. The number of nitrogens with zero attached hydrogens (tertiary/aromatic N) is 5. The van der Waals surface area contributed by atoms with E-state index in [4.69, 9.17) is 0 Å². The van der Waals surface area contributed by atoms with Crippen LogP contribution < -0.4 is 5.32 Å². The van der Waals surface area contributed by atoms with Gasteiger partial charge in [0, 0.05) is 23.4 Å². The first-order valence-electron chi connectivity index (χ1n) is 8.66. The molecule has 26 heavy (non-hydrogen) atoms. The van der Waals surface area contributed by atoms with E-state index >= 15 is 0 Å². The fourth-order valence-electron chi connectivity index (χ4n) is 3.14. The smallest absolute Gasteiger partial charge is 0.242 e. The zero-order valence-electron chi connectivity index (χ0n) is 14.6. The van der Waals surface area contributed by atoms with Crippen molar-refractivity contribution in [3.63, 3.8) is 0 Å². The van der Waals surface area contributed by atoms with Gasteiger partial charge in [0.1, 0.15) is 11.4 Å². The van der Waals surface area contributed by atoms with Crippen LogP contribution in [-0.2, 0) is 0 Å². The van der Waals surface area contributed by atoms with Crippen LogP contribution in [0.1, 0.15) is 12.8 Å². The molecule has 8 heteroatoms. The van der Waals surface area contributed by atoms with E-state index in [0.29, 0.717) is 23.2 Å². The Kier molecular flexibility index (Phi) is 4.49. The Morgan fingerprint density at radius 1 is 1.15 bits per heavy atom. The average Bonchev–Trinajstić information content (AvgIpc) is 3.19. The molecule has 134 valence electrons. The van der Waals surface area contributed by atoms with Crippen LogP contribution in [0.5, 0.6) is 5.75 Å². The number of nitrogens with one attached hydrogen (secondary N) is 2. The largest absolute Gasteiger partial charge is 0.507 e. The molecule has 0 spiro atoms. The van der Waals surface area contributed by atoms with Crippen molar-refractivity contribution in [1.82, 2.24) is 30.3 Å². The Hall–Kier alpha value is -3.00. The van der Waals surface area contributed by atoms with Crippen LogP contribution in [0.2, 0.25) is 0 Å². The molecular weight excluding hydrogens is 330 g/mol. The lowest BCUT2D eigenvalue weighted by molar-refractivity contribution is 0.263. The van der Waals surface area contributed by atoms with E-state index in [1.54, 1.807) is 24.7 Å². The minimum atomic E-state index is 0.135. The number of likely N-dealkylation sites (tertiary alicyclic amines) is 1. The number of phenolic OH excluding ortho intramolecular Hbond substituents is 1. The highest BCUT2D eigenvalue weighted by atomic mass is 16.3. The van der Waals surface area contributed by atoms with Gasteiger partial charge in [-0.05, 0) is 50.7 Å². The lowest BCUT2D eigenvalue weighted by Gasteiger charge is -2.29. The van der Waals surface area contributed by atoms with Gasteiger partial charge >= 0.3 is 0 Å². The summed E-state index contributed by atoms with van der Waals surface area (Å²) >= 11 is 0. The highest BCUT2D eigenvalue weighted by molar-refractivity contribution is 5.73. The first kappa shape index (κ1) is 16.5. The summed E-state index contributed by atoms with van der Waals surface area (Å²) in [5.41, 5.74) is 2.92. The molecule has 2 aromatic heterocycles. The van der Waals surface area contributed by atoms with Gasteiger partial charge in [-0.1, -0.05) is 6.07 Å². The summed E-state index contributed by atoms with van der Waals surface area (Å²) in [6.07, 6.45) is 7.26. The molecule has 8 nitrogen and oxygen atoms in total. The number of piperidine rings is 1. The van der Waals surface area contributed by atoms with Crippen LogP contribution in [-0.4, -0.2) is 61.6 Å². The number of H-pyrrole nitrogens is 1. The van der Waals surface area contributed by atoms with Crippen LogP contribution in [0.15, 0.2) is 36.8 Å². The first-order chi connectivity index (χ1) is 12.7. The van der Waals surface area contributed by atoms with E-state index in [-0.39, 0.29) is 5.75 Å². The van der Waals surface area contributed by atoms with Crippen molar-refractivity contribution in [2.45, 2.75) is 18.9 Å². The van der Waals surface area contributed by atoms with Crippen LogP contribution >= 0.6 is 0 Å². The van der Waals surface area contributed by atoms with Crippen molar-refractivity contribution in [3.05, 3.63) is 36.8 Å². The molecule has 0 unspecified atom stereocenters. The minimum absolute atomic E-state index is 0.135. The van der Waals surface area contributed by atoms with Gasteiger partial charge < -0.3 is 15.3 Å². The molecule has 3 N–H and O–H groups in total. The number of hydrogen-bond acceptors (Lipinski definition) is 7. The fourth-order valence-corrected chi connectivity index (χ4v) is 3.14. The molecule has 1 aliphatic heterocycles. The number of phenols is 1. The van der Waals surface area contributed by atoms with Crippen molar-refractivity contribution in [3.8, 4) is 28.1 Å². The van der Waals surface area contributed by atoms with Gasteiger partial charge in [0.05, 0.1) is 12.4 Å². The number of hydrogen-bond donors (Lipinski definition) is 3. The van der Waals surface area contributed by atoms with Gasteiger partial charge in [0.2, 0.25) is 5.95 Å². The monoisotopic (exact) mass is 351 g/mol. The third-order valence-electron chi connectivity index (χ3n) is 4.72. The van der Waals surface area contributed by atoms with E-state index in [1.165, 1.54) is 0 Å². The van der Waals surface area contributed by atoms with Crippen molar-refractivity contribution in [1.29, 1.82) is 0 Å². The SMILES string of the molecule is CN1CCC(Nc2ncc(-c3ccc(-c4cn[nH]c4)cc3O)nn2)CC1. The maximum atomic E-state index is 10.4. The summed E-state index contributed by atoms with van der Waals surface area (Å²) in [7, 11) is 2.13. The standard InChI is InChI=1S/C18H21N7O/c1-25-6-4-14(5-7-25)22-18-19-11-16(23-24-18)15-3-2-12(8-17(15)26)13-9-20-21-10-13/h2-3,8-11,14,26H,4-7H2,1H3,(H,20,21)(H,19,22,24). The van der Waals surface area contributed by atoms with Gasteiger partial charge in [0.25, 0.3) is 0 Å². The number of benzene rings is 1. The molecule has 4 rings (SSSR count). The number of aromatic hydroxyl groups is 1. The van der Waals surface area contributed by atoms with Crippen LogP contribution in [0.25, 0.3) is 22.4 Å². The fraction of sp³-hybridized carbons (Fsp3) is 0.333. The minimum Gasteiger partial charge on any atom is -0.507 e. The Balaban J connectivity index is 1.48. The van der Waals surface area contributed by atoms with Crippen LogP contribution in [0.3, 0.4) is 0 Å². The zero-order chi connectivity index (χ0) is 17.9. The van der Waals surface area contributed by atoms with Gasteiger partial charge in [-0.2, -0.15) is 5.10 Å². The summed E-state index contributed by atoms with van der Waals surface area (Å²) in [4.78, 5) is 6.67. The molecule has 1 fully saturated rings. The van der Waals surface area contributed by atoms with E-state index in [1.807, 2.05) is 12.1 Å². The second-order valence-corrected chi connectivity index (χ2v) is 6.61. The van der Waals surface area contributed by atoms with Crippen molar-refractivity contribution >= 4 is 5.95 Å². The number of anilines is 1. The molecule has 3 heterocycles. The molecule has 0 radical (unpaired) electrons. The van der Waals surface area contributed by atoms with E-state index in [0.717, 1.165) is 37.1 Å². The van der Waals surface area contributed by atoms with Gasteiger partial charge in [-0.3, -0.25) is 5.10 Å². The lowest BCUT2D eigenvalue weighted by Crippen LogP contribution is -2.37. The van der Waals surface area contributed by atoms with Crippen molar-refractivity contribution in [2.75, 3.05) is 25.5 Å². The summed E-state index contributed by atoms with van der Waals surface area (Å²) in [5, 5.41) is 28.8. The number of aromatic nitrogens is 5. The first-order valence-corrected chi connectivity index (χ1v) is 8.66. The molecule has 0 aliphatic carbocycles. The Labute approximate surface area is 151 Å². The van der Waals surface area contributed by atoms with Gasteiger partial charge in [0.15, 0.2) is 0 Å². The topological polar surface area (TPSA) is 103 Å². The molecule has 0 atom stereocenters. The van der Waals surface area contributed by atoms with E-state index in [9.17, 15) is 5.11 Å². The maximum absolute atomic E-state index is 10.4. The summed E-state index contributed by atoms with van der Waals surface area (Å²) in [6.45, 7) is 2.14. The Bertz CT molecular complexity index is 856. The number of rotatable bonds is 4. The molecule has 0 bridgehead atoms. The van der Waals surface area contributed by atoms with Crippen molar-refractivity contribution < 1.29 is 5.11 Å². The molecular formula is C18H21N7O.